The first-order chi connectivity index (χ1) is 6.97. The summed E-state index contributed by atoms with van der Waals surface area (Å²) in [4.78, 5) is 18.4. The second-order valence-electron chi connectivity index (χ2n) is 3.88. The molecule has 0 saturated heterocycles. The zero-order chi connectivity index (χ0) is 11.4. The SMILES string of the molecule is CC(C)Cc1cc(CC(=O)O)nc(N)n1. The van der Waals surface area contributed by atoms with Gasteiger partial charge in [-0.15, -0.1) is 0 Å². The zero-order valence-corrected chi connectivity index (χ0v) is 8.90. The summed E-state index contributed by atoms with van der Waals surface area (Å²) < 4.78 is 0. The highest BCUT2D eigenvalue weighted by Gasteiger charge is 2.07. The number of hydrogen-bond donors (Lipinski definition) is 2. The van der Waals surface area contributed by atoms with Crippen LogP contribution in [0.5, 0.6) is 0 Å². The van der Waals surface area contributed by atoms with Crippen LogP contribution in [0, 0.1) is 5.92 Å². The minimum atomic E-state index is -0.913. The van der Waals surface area contributed by atoms with Gasteiger partial charge in [0.05, 0.1) is 12.1 Å². The quantitative estimate of drug-likeness (QED) is 0.768. The van der Waals surface area contributed by atoms with Crippen molar-refractivity contribution in [2.45, 2.75) is 26.7 Å². The average molecular weight is 209 g/mol. The van der Waals surface area contributed by atoms with Crippen molar-refractivity contribution < 1.29 is 9.90 Å². The molecule has 1 heterocycles. The molecule has 5 nitrogen and oxygen atoms in total. The summed E-state index contributed by atoms with van der Waals surface area (Å²) in [5.74, 6) is -0.315. The lowest BCUT2D eigenvalue weighted by Gasteiger charge is -2.06. The molecule has 0 aromatic carbocycles. The number of aromatic nitrogens is 2. The van der Waals surface area contributed by atoms with Crippen molar-refractivity contribution in [2.24, 2.45) is 5.92 Å². The fourth-order valence-corrected chi connectivity index (χ4v) is 1.34. The van der Waals surface area contributed by atoms with Crippen LogP contribution in [0.2, 0.25) is 0 Å². The lowest BCUT2D eigenvalue weighted by atomic mass is 10.1. The highest BCUT2D eigenvalue weighted by Crippen LogP contribution is 2.09. The number of carboxylic acid groups (broad SMARTS) is 1. The van der Waals surface area contributed by atoms with E-state index in [1.165, 1.54) is 0 Å². The molecular formula is C10H15N3O2. The van der Waals surface area contributed by atoms with Crippen LogP contribution in [-0.2, 0) is 17.6 Å². The minimum absolute atomic E-state index is 0.113. The molecule has 0 aliphatic carbocycles. The molecule has 0 spiro atoms. The molecule has 1 aromatic heterocycles. The molecule has 0 saturated carbocycles. The van der Waals surface area contributed by atoms with E-state index in [2.05, 4.69) is 23.8 Å². The molecule has 5 heteroatoms. The Bertz CT molecular complexity index is 364. The lowest BCUT2D eigenvalue weighted by Crippen LogP contribution is -2.08. The van der Waals surface area contributed by atoms with E-state index >= 15 is 0 Å². The van der Waals surface area contributed by atoms with Gasteiger partial charge in [0.1, 0.15) is 0 Å². The fraction of sp³-hybridized carbons (Fsp3) is 0.500. The number of anilines is 1. The molecule has 0 aliphatic heterocycles. The van der Waals surface area contributed by atoms with E-state index in [1.807, 2.05) is 0 Å². The van der Waals surface area contributed by atoms with E-state index in [1.54, 1.807) is 6.07 Å². The Morgan fingerprint density at radius 3 is 2.60 bits per heavy atom. The second kappa shape index (κ2) is 4.72. The molecule has 0 aliphatic rings. The third-order valence-corrected chi connectivity index (χ3v) is 1.80. The fourth-order valence-electron chi connectivity index (χ4n) is 1.34. The first-order valence-electron chi connectivity index (χ1n) is 4.81. The van der Waals surface area contributed by atoms with Crippen molar-refractivity contribution in [3.05, 3.63) is 17.5 Å². The van der Waals surface area contributed by atoms with Gasteiger partial charge in [-0.3, -0.25) is 4.79 Å². The lowest BCUT2D eigenvalue weighted by molar-refractivity contribution is -0.136. The molecular weight excluding hydrogens is 194 g/mol. The van der Waals surface area contributed by atoms with Gasteiger partial charge < -0.3 is 10.8 Å². The largest absolute Gasteiger partial charge is 0.481 e. The summed E-state index contributed by atoms with van der Waals surface area (Å²) >= 11 is 0. The van der Waals surface area contributed by atoms with Gasteiger partial charge in [-0.1, -0.05) is 13.8 Å². The van der Waals surface area contributed by atoms with Gasteiger partial charge in [0.15, 0.2) is 0 Å². The van der Waals surface area contributed by atoms with Crippen molar-refractivity contribution >= 4 is 11.9 Å². The van der Waals surface area contributed by atoms with Gasteiger partial charge in [-0.05, 0) is 18.4 Å². The molecule has 1 aromatic rings. The van der Waals surface area contributed by atoms with Gasteiger partial charge in [0, 0.05) is 5.69 Å². The summed E-state index contributed by atoms with van der Waals surface area (Å²) in [6.07, 6.45) is 0.664. The Hall–Kier alpha value is -1.65. The van der Waals surface area contributed by atoms with Crippen molar-refractivity contribution in [1.82, 2.24) is 9.97 Å². The standard InChI is InChI=1S/C10H15N3O2/c1-6(2)3-7-4-8(5-9(14)15)13-10(11)12-7/h4,6H,3,5H2,1-2H3,(H,14,15)(H2,11,12,13). The van der Waals surface area contributed by atoms with Crippen LogP contribution in [0.4, 0.5) is 5.95 Å². The summed E-state index contributed by atoms with van der Waals surface area (Å²) in [7, 11) is 0. The van der Waals surface area contributed by atoms with E-state index in [0.717, 1.165) is 12.1 Å². The Morgan fingerprint density at radius 1 is 1.47 bits per heavy atom. The van der Waals surface area contributed by atoms with Gasteiger partial charge in [-0.25, -0.2) is 9.97 Å². The van der Waals surface area contributed by atoms with E-state index in [4.69, 9.17) is 10.8 Å². The van der Waals surface area contributed by atoms with E-state index in [-0.39, 0.29) is 12.4 Å². The number of rotatable bonds is 4. The average Bonchev–Trinajstić information content (AvgIpc) is 1.98. The summed E-state index contributed by atoms with van der Waals surface area (Å²) in [5, 5.41) is 8.63. The van der Waals surface area contributed by atoms with Crippen LogP contribution < -0.4 is 5.73 Å². The molecule has 3 N–H and O–H groups in total. The van der Waals surface area contributed by atoms with Crippen LogP contribution in [0.15, 0.2) is 6.07 Å². The number of hydrogen-bond acceptors (Lipinski definition) is 4. The summed E-state index contributed by atoms with van der Waals surface area (Å²) in [5.41, 5.74) is 6.76. The predicted molar refractivity (Wildman–Crippen MR) is 56.3 cm³/mol. The number of carboxylic acids is 1. The van der Waals surface area contributed by atoms with Crippen LogP contribution in [0.1, 0.15) is 25.2 Å². The van der Waals surface area contributed by atoms with E-state index in [0.29, 0.717) is 11.6 Å². The molecule has 0 radical (unpaired) electrons. The van der Waals surface area contributed by atoms with Crippen LogP contribution in [-0.4, -0.2) is 21.0 Å². The highest BCUT2D eigenvalue weighted by atomic mass is 16.4. The maximum atomic E-state index is 10.5. The predicted octanol–water partition coefficient (Wildman–Crippen LogP) is 0.884. The Kier molecular flexibility index (Phi) is 3.60. The van der Waals surface area contributed by atoms with Gasteiger partial charge >= 0.3 is 5.97 Å². The molecule has 82 valence electrons. The monoisotopic (exact) mass is 209 g/mol. The van der Waals surface area contributed by atoms with E-state index < -0.39 is 5.97 Å². The molecule has 1 rings (SSSR count). The second-order valence-corrected chi connectivity index (χ2v) is 3.88. The van der Waals surface area contributed by atoms with Gasteiger partial charge in [-0.2, -0.15) is 0 Å². The molecule has 15 heavy (non-hydrogen) atoms. The molecule has 0 amide bonds. The van der Waals surface area contributed by atoms with Crippen molar-refractivity contribution in [3.8, 4) is 0 Å². The minimum Gasteiger partial charge on any atom is -0.481 e. The summed E-state index contributed by atoms with van der Waals surface area (Å²) in [6, 6.07) is 1.70. The van der Waals surface area contributed by atoms with Crippen molar-refractivity contribution in [1.29, 1.82) is 0 Å². The highest BCUT2D eigenvalue weighted by molar-refractivity contribution is 5.69. The van der Waals surface area contributed by atoms with E-state index in [9.17, 15) is 4.79 Å². The molecule has 0 atom stereocenters. The number of nitrogens with two attached hydrogens (primary N) is 1. The third-order valence-electron chi connectivity index (χ3n) is 1.80. The number of aliphatic carboxylic acids is 1. The maximum Gasteiger partial charge on any atom is 0.309 e. The maximum absolute atomic E-state index is 10.5. The number of nitrogens with zero attached hydrogens (tertiary/aromatic N) is 2. The van der Waals surface area contributed by atoms with Gasteiger partial charge in [0.2, 0.25) is 5.95 Å². The first-order valence-corrected chi connectivity index (χ1v) is 4.81. The zero-order valence-electron chi connectivity index (χ0n) is 8.90. The van der Waals surface area contributed by atoms with Crippen molar-refractivity contribution in [3.63, 3.8) is 0 Å². The third kappa shape index (κ3) is 3.93. The Morgan fingerprint density at radius 2 is 2.07 bits per heavy atom. The van der Waals surface area contributed by atoms with Crippen LogP contribution in [0.25, 0.3) is 0 Å². The summed E-state index contributed by atoms with van der Waals surface area (Å²) in [6.45, 7) is 4.13. The molecule has 0 fully saturated rings. The Labute approximate surface area is 88.4 Å². The van der Waals surface area contributed by atoms with Crippen molar-refractivity contribution in [2.75, 3.05) is 5.73 Å². The topological polar surface area (TPSA) is 89.1 Å². The first kappa shape index (κ1) is 11.4. The molecule has 0 unspecified atom stereocenters. The smallest absolute Gasteiger partial charge is 0.309 e. The number of nitrogen functional groups attached to an aromatic ring is 1. The van der Waals surface area contributed by atoms with Gasteiger partial charge in [0.25, 0.3) is 0 Å². The normalized spacial score (nSPS) is 10.6. The van der Waals surface area contributed by atoms with Crippen LogP contribution in [0.3, 0.4) is 0 Å². The number of carbonyl (C=O) groups is 1. The molecule has 0 bridgehead atoms. The Balaban J connectivity index is 2.89. The van der Waals surface area contributed by atoms with Crippen LogP contribution >= 0.6 is 0 Å².